The molecule has 0 atom stereocenters. The summed E-state index contributed by atoms with van der Waals surface area (Å²) >= 11 is 0. The normalized spacial score (nSPS) is 12.3. The van der Waals surface area contributed by atoms with E-state index in [4.69, 9.17) is 8.83 Å². The monoisotopic (exact) mass is 706 g/mol. The zero-order valence-electron chi connectivity index (χ0n) is 30.4. The van der Waals surface area contributed by atoms with E-state index in [0.717, 1.165) is 60.6 Å². The third-order valence-electron chi connectivity index (χ3n) is 11.7. The molecule has 0 N–H and O–H groups in total. The Morgan fingerprint density at radius 2 is 1.02 bits per heavy atom. The summed E-state index contributed by atoms with van der Waals surface area (Å²) in [7, 11) is 0. The maximum Gasteiger partial charge on any atom is 0.163 e. The van der Waals surface area contributed by atoms with Gasteiger partial charge >= 0.3 is 0 Å². The molecule has 4 heterocycles. The summed E-state index contributed by atoms with van der Waals surface area (Å²) in [6.45, 7) is 4.65. The van der Waals surface area contributed by atoms with Crippen molar-refractivity contribution < 1.29 is 8.83 Å². The van der Waals surface area contributed by atoms with Gasteiger partial charge in [-0.15, -0.1) is 0 Å². The SMILES string of the molecule is CC(C)c1c(-c2ccc3c(c2)c2ccccc2n3-c2ccccc2)ccc2c1c1ccccc1n2-c1cc2c3ccccc3oc2c2c1oc1ccccc12. The lowest BCUT2D eigenvalue weighted by atomic mass is 9.88. The number of furan rings is 2. The second-order valence-corrected chi connectivity index (χ2v) is 15.0. The Bertz CT molecular complexity index is 3520. The van der Waals surface area contributed by atoms with Crippen LogP contribution in [0, 0.1) is 0 Å². The van der Waals surface area contributed by atoms with Crippen molar-refractivity contribution in [1.29, 1.82) is 0 Å². The van der Waals surface area contributed by atoms with E-state index < -0.39 is 0 Å². The van der Waals surface area contributed by atoms with E-state index >= 15 is 0 Å². The summed E-state index contributed by atoms with van der Waals surface area (Å²) in [4.78, 5) is 0. The summed E-state index contributed by atoms with van der Waals surface area (Å²) in [6.07, 6.45) is 0. The van der Waals surface area contributed by atoms with Gasteiger partial charge in [-0.2, -0.15) is 0 Å². The summed E-state index contributed by atoms with van der Waals surface area (Å²) in [5.41, 5.74) is 14.1. The van der Waals surface area contributed by atoms with Crippen molar-refractivity contribution in [2.45, 2.75) is 19.8 Å². The van der Waals surface area contributed by atoms with Crippen LogP contribution in [0.1, 0.15) is 25.3 Å². The number of aromatic nitrogens is 2. The maximum atomic E-state index is 6.81. The molecule has 0 saturated carbocycles. The molecular weight excluding hydrogens is 673 g/mol. The van der Waals surface area contributed by atoms with Crippen molar-refractivity contribution in [3.8, 4) is 22.5 Å². The molecule has 0 amide bonds. The third-order valence-corrected chi connectivity index (χ3v) is 11.7. The first-order valence-corrected chi connectivity index (χ1v) is 19.0. The smallest absolute Gasteiger partial charge is 0.163 e. The van der Waals surface area contributed by atoms with Crippen molar-refractivity contribution >= 4 is 87.5 Å². The predicted molar refractivity (Wildman–Crippen MR) is 229 cm³/mol. The van der Waals surface area contributed by atoms with Crippen molar-refractivity contribution in [3.05, 3.63) is 169 Å². The minimum Gasteiger partial charge on any atom is -0.455 e. The molecule has 4 heteroatoms. The minimum absolute atomic E-state index is 0.255. The highest BCUT2D eigenvalue weighted by Gasteiger charge is 2.26. The van der Waals surface area contributed by atoms with E-state index in [1.54, 1.807) is 0 Å². The predicted octanol–water partition coefficient (Wildman–Crippen LogP) is 14.5. The molecule has 0 unspecified atom stereocenters. The van der Waals surface area contributed by atoms with Crippen LogP contribution in [0.15, 0.2) is 173 Å². The van der Waals surface area contributed by atoms with Gasteiger partial charge in [0.2, 0.25) is 0 Å². The van der Waals surface area contributed by atoms with Crippen LogP contribution in [-0.2, 0) is 0 Å². The Balaban J connectivity index is 1.17. The van der Waals surface area contributed by atoms with Crippen LogP contribution in [0.25, 0.3) is 110 Å². The maximum absolute atomic E-state index is 6.81. The van der Waals surface area contributed by atoms with Crippen molar-refractivity contribution in [1.82, 2.24) is 9.13 Å². The molecule has 0 saturated heterocycles. The second kappa shape index (κ2) is 11.2. The van der Waals surface area contributed by atoms with Gasteiger partial charge in [0.25, 0.3) is 0 Å². The van der Waals surface area contributed by atoms with Crippen LogP contribution < -0.4 is 0 Å². The van der Waals surface area contributed by atoms with Crippen LogP contribution in [0.2, 0.25) is 0 Å². The Morgan fingerprint density at radius 3 is 1.80 bits per heavy atom. The van der Waals surface area contributed by atoms with Crippen LogP contribution in [0.5, 0.6) is 0 Å². The molecule has 8 aromatic carbocycles. The summed E-state index contributed by atoms with van der Waals surface area (Å²) in [6, 6.07) is 58.8. The summed E-state index contributed by atoms with van der Waals surface area (Å²) in [5, 5.41) is 9.25. The summed E-state index contributed by atoms with van der Waals surface area (Å²) in [5.74, 6) is 0.255. The van der Waals surface area contributed by atoms with E-state index in [-0.39, 0.29) is 5.92 Å². The molecule has 0 aliphatic heterocycles. The Labute approximate surface area is 316 Å². The molecule has 0 fully saturated rings. The highest BCUT2D eigenvalue weighted by Crippen LogP contribution is 2.47. The average molecular weight is 707 g/mol. The number of para-hydroxylation sites is 5. The van der Waals surface area contributed by atoms with Gasteiger partial charge in [-0.25, -0.2) is 0 Å². The number of benzene rings is 8. The molecule has 4 nitrogen and oxygen atoms in total. The van der Waals surface area contributed by atoms with E-state index in [0.29, 0.717) is 0 Å². The first-order chi connectivity index (χ1) is 27.1. The molecule has 0 aliphatic carbocycles. The van der Waals surface area contributed by atoms with Crippen molar-refractivity contribution in [3.63, 3.8) is 0 Å². The van der Waals surface area contributed by atoms with Crippen LogP contribution >= 0.6 is 0 Å². The zero-order chi connectivity index (χ0) is 36.4. The third kappa shape index (κ3) is 4.17. The van der Waals surface area contributed by atoms with Crippen LogP contribution in [0.4, 0.5) is 0 Å². The van der Waals surface area contributed by atoms with E-state index in [1.165, 1.54) is 55.0 Å². The van der Waals surface area contributed by atoms with E-state index in [2.05, 4.69) is 175 Å². The van der Waals surface area contributed by atoms with Gasteiger partial charge in [0, 0.05) is 43.4 Å². The van der Waals surface area contributed by atoms with Crippen LogP contribution in [0.3, 0.4) is 0 Å². The molecule has 12 rings (SSSR count). The molecule has 0 radical (unpaired) electrons. The molecular formula is C51H34N2O2. The van der Waals surface area contributed by atoms with Gasteiger partial charge < -0.3 is 18.0 Å². The fourth-order valence-electron chi connectivity index (χ4n) is 9.41. The van der Waals surface area contributed by atoms with Gasteiger partial charge in [-0.05, 0) is 83.3 Å². The van der Waals surface area contributed by atoms with Crippen molar-refractivity contribution in [2.24, 2.45) is 0 Å². The number of nitrogens with zero attached hydrogens (tertiary/aromatic N) is 2. The first-order valence-electron chi connectivity index (χ1n) is 19.0. The number of hydrogen-bond donors (Lipinski definition) is 0. The van der Waals surface area contributed by atoms with Gasteiger partial charge in [0.05, 0.1) is 33.1 Å². The van der Waals surface area contributed by atoms with Crippen LogP contribution in [-0.4, -0.2) is 9.13 Å². The molecule has 260 valence electrons. The number of fused-ring (bicyclic) bond motifs is 13. The number of rotatable bonds is 4. The average Bonchev–Trinajstić information content (AvgIpc) is 3.98. The highest BCUT2D eigenvalue weighted by molar-refractivity contribution is 6.25. The summed E-state index contributed by atoms with van der Waals surface area (Å²) < 4.78 is 18.2. The van der Waals surface area contributed by atoms with E-state index in [9.17, 15) is 0 Å². The fraction of sp³-hybridized carbons (Fsp3) is 0.0588. The highest BCUT2D eigenvalue weighted by atomic mass is 16.3. The first kappa shape index (κ1) is 30.4. The minimum atomic E-state index is 0.255. The molecule has 0 spiro atoms. The number of hydrogen-bond acceptors (Lipinski definition) is 2. The quantitative estimate of drug-likeness (QED) is 0.183. The molecule has 0 bridgehead atoms. The Hall–Kier alpha value is -7.04. The lowest BCUT2D eigenvalue weighted by Gasteiger charge is -2.17. The van der Waals surface area contributed by atoms with Gasteiger partial charge in [0.1, 0.15) is 16.7 Å². The molecule has 4 aromatic heterocycles. The van der Waals surface area contributed by atoms with Gasteiger partial charge in [-0.1, -0.05) is 117 Å². The standard InChI is InChI=1S/C51H34N2O2/c1-30(2)47-33(31-24-26-42-38(28-31)34-16-6-10-20-40(34)52(42)32-14-4-3-5-15-32)25-27-43-48(47)36-18-7-11-21-41(36)53(43)44-29-39-35-17-8-12-22-45(35)54-50(39)49-37-19-9-13-23-46(37)55-51(44)49/h3-30H,1-2H3. The molecule has 12 aromatic rings. The fourth-order valence-corrected chi connectivity index (χ4v) is 9.41. The van der Waals surface area contributed by atoms with Crippen molar-refractivity contribution in [2.75, 3.05) is 0 Å². The molecule has 0 aliphatic rings. The Kier molecular flexibility index (Phi) is 6.22. The lowest BCUT2D eigenvalue weighted by Crippen LogP contribution is -1.98. The van der Waals surface area contributed by atoms with Gasteiger partial charge in [0.15, 0.2) is 5.58 Å². The Morgan fingerprint density at radius 1 is 0.418 bits per heavy atom. The topological polar surface area (TPSA) is 36.1 Å². The largest absolute Gasteiger partial charge is 0.455 e. The second-order valence-electron chi connectivity index (χ2n) is 15.0. The van der Waals surface area contributed by atoms with E-state index in [1.807, 2.05) is 12.1 Å². The molecule has 55 heavy (non-hydrogen) atoms. The van der Waals surface area contributed by atoms with Gasteiger partial charge in [-0.3, -0.25) is 0 Å². The lowest BCUT2D eigenvalue weighted by molar-refractivity contribution is 0.661. The zero-order valence-corrected chi connectivity index (χ0v) is 30.4.